The molecular weight excluding hydrogens is 519 g/mol. The first-order chi connectivity index (χ1) is 15.0. The molecular formula is C26H19IO3S. The van der Waals surface area contributed by atoms with Crippen molar-refractivity contribution in [1.29, 1.82) is 0 Å². The van der Waals surface area contributed by atoms with E-state index in [0.29, 0.717) is 0 Å². The second kappa shape index (κ2) is 9.60. The van der Waals surface area contributed by atoms with E-state index in [1.54, 1.807) is 6.07 Å². The van der Waals surface area contributed by atoms with Gasteiger partial charge in [-0.2, -0.15) is 0 Å². The third-order valence-corrected chi connectivity index (χ3v) is 8.16. The molecule has 0 N–H and O–H groups in total. The highest BCUT2D eigenvalue weighted by molar-refractivity contribution is 7.85. The first kappa shape index (κ1) is 21.5. The first-order valence-corrected chi connectivity index (χ1v) is 13.2. The zero-order valence-corrected chi connectivity index (χ0v) is 19.5. The summed E-state index contributed by atoms with van der Waals surface area (Å²) >= 11 is 0.0287. The lowest BCUT2D eigenvalue weighted by Gasteiger charge is -2.08. The Morgan fingerprint density at radius 1 is 0.516 bits per heavy atom. The summed E-state index contributed by atoms with van der Waals surface area (Å²) in [5.41, 5.74) is 0. The molecule has 0 spiro atoms. The van der Waals surface area contributed by atoms with E-state index in [1.807, 2.05) is 36.4 Å². The monoisotopic (exact) mass is 538 g/mol. The van der Waals surface area contributed by atoms with Crippen LogP contribution in [0.5, 0.6) is 0 Å². The molecule has 31 heavy (non-hydrogen) atoms. The zero-order valence-electron chi connectivity index (χ0n) is 16.5. The Bertz CT molecular complexity index is 1380. The molecule has 0 atom stereocenters. The predicted octanol–water partition coefficient (Wildman–Crippen LogP) is 2.71. The lowest BCUT2D eigenvalue weighted by molar-refractivity contribution is -0.597. The van der Waals surface area contributed by atoms with Crippen LogP contribution >= 0.6 is 0 Å². The molecule has 0 aromatic heterocycles. The van der Waals surface area contributed by atoms with E-state index in [2.05, 4.69) is 60.7 Å². The fourth-order valence-electron chi connectivity index (χ4n) is 3.15. The quantitative estimate of drug-likeness (QED) is 0.202. The second-order valence-corrected chi connectivity index (χ2v) is 11.3. The van der Waals surface area contributed by atoms with Crippen LogP contribution in [0.4, 0.5) is 0 Å². The molecule has 0 heterocycles. The van der Waals surface area contributed by atoms with Gasteiger partial charge in [-0.25, -0.2) is 8.42 Å². The van der Waals surface area contributed by atoms with Crippen molar-refractivity contribution in [3.05, 3.63) is 122 Å². The van der Waals surface area contributed by atoms with Gasteiger partial charge >= 0.3 is 21.2 Å². The van der Waals surface area contributed by atoms with Crippen LogP contribution in [-0.4, -0.2) is 13.0 Å². The molecule has 5 heteroatoms. The summed E-state index contributed by atoms with van der Waals surface area (Å²) in [6.07, 6.45) is 0. The molecule has 0 aliphatic heterocycles. The Balaban J connectivity index is 0.000000158. The van der Waals surface area contributed by atoms with E-state index in [9.17, 15) is 13.0 Å². The normalized spacial score (nSPS) is 11.1. The van der Waals surface area contributed by atoms with E-state index in [1.165, 1.54) is 19.3 Å². The van der Waals surface area contributed by atoms with Crippen molar-refractivity contribution in [1.82, 2.24) is 0 Å². The SMILES string of the molecule is O=S(=O)([O-])c1ccc2cc3ccccc3cc2c1.c1ccc([I+]c2ccccc2)cc1. The summed E-state index contributed by atoms with van der Waals surface area (Å²) in [4.78, 5) is -0.190. The van der Waals surface area contributed by atoms with Crippen LogP contribution in [0.15, 0.2) is 120 Å². The molecule has 0 saturated heterocycles. The van der Waals surface area contributed by atoms with Gasteiger partial charge in [0.05, 0.1) is 4.90 Å². The molecule has 0 fully saturated rings. The van der Waals surface area contributed by atoms with Crippen molar-refractivity contribution >= 4 is 31.7 Å². The summed E-state index contributed by atoms with van der Waals surface area (Å²) in [6, 6.07) is 37.5. The third-order valence-electron chi connectivity index (χ3n) is 4.65. The van der Waals surface area contributed by atoms with Crippen molar-refractivity contribution in [2.75, 3.05) is 0 Å². The molecule has 154 valence electrons. The highest BCUT2D eigenvalue weighted by Crippen LogP contribution is 2.24. The highest BCUT2D eigenvalue weighted by atomic mass is 127. The minimum atomic E-state index is -4.40. The first-order valence-electron chi connectivity index (χ1n) is 9.62. The number of hydrogen-bond acceptors (Lipinski definition) is 3. The van der Waals surface area contributed by atoms with Crippen LogP contribution in [0.1, 0.15) is 0 Å². The minimum Gasteiger partial charge on any atom is -0.744 e. The van der Waals surface area contributed by atoms with E-state index >= 15 is 0 Å². The zero-order chi connectivity index (χ0) is 21.7. The van der Waals surface area contributed by atoms with Gasteiger partial charge in [0.1, 0.15) is 10.1 Å². The summed E-state index contributed by atoms with van der Waals surface area (Å²) in [5, 5.41) is 3.78. The second-order valence-electron chi connectivity index (χ2n) is 6.85. The van der Waals surface area contributed by atoms with Gasteiger partial charge in [-0.05, 0) is 70.1 Å². The number of rotatable bonds is 3. The van der Waals surface area contributed by atoms with E-state index in [4.69, 9.17) is 0 Å². The molecule has 0 aliphatic rings. The fourth-order valence-corrected chi connectivity index (χ4v) is 5.93. The number of halogens is 1. The Kier molecular flexibility index (Phi) is 6.65. The number of fused-ring (bicyclic) bond motifs is 2. The average Bonchev–Trinajstić information content (AvgIpc) is 2.78. The van der Waals surface area contributed by atoms with Gasteiger partial charge < -0.3 is 4.55 Å². The lowest BCUT2D eigenvalue weighted by atomic mass is 10.0. The Morgan fingerprint density at radius 3 is 1.48 bits per heavy atom. The minimum absolute atomic E-state index is 0.0287. The third kappa shape index (κ3) is 5.70. The molecule has 0 saturated carbocycles. The maximum Gasteiger partial charge on any atom is 0.357 e. The van der Waals surface area contributed by atoms with Crippen molar-refractivity contribution in [3.8, 4) is 0 Å². The molecule has 0 unspecified atom stereocenters. The molecule has 0 bridgehead atoms. The van der Waals surface area contributed by atoms with Gasteiger partial charge in [0.2, 0.25) is 0 Å². The van der Waals surface area contributed by atoms with Crippen molar-refractivity contribution in [2.24, 2.45) is 0 Å². The summed E-state index contributed by atoms with van der Waals surface area (Å²) in [7, 11) is -4.40. The largest absolute Gasteiger partial charge is 0.744 e. The highest BCUT2D eigenvalue weighted by Gasteiger charge is 2.12. The molecule has 5 rings (SSSR count). The summed E-state index contributed by atoms with van der Waals surface area (Å²) < 4.78 is 35.9. The van der Waals surface area contributed by atoms with Crippen LogP contribution in [0.3, 0.4) is 0 Å². The number of hydrogen-bond donors (Lipinski definition) is 0. The summed E-state index contributed by atoms with van der Waals surface area (Å²) in [6.45, 7) is 0. The molecule has 5 aromatic rings. The Labute approximate surface area is 192 Å². The predicted molar refractivity (Wildman–Crippen MR) is 120 cm³/mol. The van der Waals surface area contributed by atoms with E-state index < -0.39 is 10.1 Å². The van der Waals surface area contributed by atoms with Gasteiger partial charge in [-0.1, -0.05) is 66.7 Å². The molecule has 3 nitrogen and oxygen atoms in total. The van der Waals surface area contributed by atoms with Crippen LogP contribution < -0.4 is 21.2 Å². The maximum atomic E-state index is 11.0. The lowest BCUT2D eigenvalue weighted by Crippen LogP contribution is -3.61. The van der Waals surface area contributed by atoms with Crippen LogP contribution in [-0.2, 0) is 10.1 Å². The van der Waals surface area contributed by atoms with Crippen LogP contribution in [0, 0.1) is 7.14 Å². The number of benzene rings is 5. The average molecular weight is 538 g/mol. The van der Waals surface area contributed by atoms with E-state index in [-0.39, 0.29) is 26.1 Å². The molecule has 5 aromatic carbocycles. The van der Waals surface area contributed by atoms with E-state index in [0.717, 1.165) is 21.5 Å². The maximum absolute atomic E-state index is 11.0. The van der Waals surface area contributed by atoms with Gasteiger partial charge in [-0.15, -0.1) is 0 Å². The Hall–Kier alpha value is -2.74. The van der Waals surface area contributed by atoms with Crippen molar-refractivity contribution in [3.63, 3.8) is 0 Å². The van der Waals surface area contributed by atoms with Crippen LogP contribution in [0.25, 0.3) is 21.5 Å². The van der Waals surface area contributed by atoms with Crippen molar-refractivity contribution < 1.29 is 34.2 Å². The van der Waals surface area contributed by atoms with Gasteiger partial charge in [0.15, 0.2) is 7.14 Å². The smallest absolute Gasteiger partial charge is 0.357 e. The molecule has 0 aliphatic carbocycles. The van der Waals surface area contributed by atoms with Gasteiger partial charge in [0.25, 0.3) is 0 Å². The summed E-state index contributed by atoms with van der Waals surface area (Å²) in [5.74, 6) is 0. The van der Waals surface area contributed by atoms with Crippen LogP contribution in [0.2, 0.25) is 0 Å². The van der Waals surface area contributed by atoms with Gasteiger partial charge in [-0.3, -0.25) is 0 Å². The standard InChI is InChI=1S/C14H10O3S.C12H10I/c15-18(16,17)14-6-5-12-7-10-3-1-2-4-11(10)8-13(12)9-14;1-3-7-11(8-4-1)13-12-9-5-2-6-10-12/h1-9H,(H,15,16,17);1-10H/q;+1/p-1. The van der Waals surface area contributed by atoms with Crippen molar-refractivity contribution in [2.45, 2.75) is 4.90 Å². The fraction of sp³-hybridized carbons (Fsp3) is 0. The Morgan fingerprint density at radius 2 is 0.968 bits per heavy atom. The molecule has 0 radical (unpaired) electrons. The molecule has 0 amide bonds. The topological polar surface area (TPSA) is 57.2 Å². The van der Waals surface area contributed by atoms with Gasteiger partial charge in [0, 0.05) is 0 Å².